The van der Waals surface area contributed by atoms with Crippen LogP contribution >= 0.6 is 0 Å². The summed E-state index contributed by atoms with van der Waals surface area (Å²) in [6, 6.07) is 12.5. The highest BCUT2D eigenvalue weighted by molar-refractivity contribution is 6.12. The van der Waals surface area contributed by atoms with Crippen molar-refractivity contribution < 1.29 is 19.1 Å². The number of nitrogens with one attached hydrogen (secondary N) is 1. The van der Waals surface area contributed by atoms with Gasteiger partial charge in [0.1, 0.15) is 17.6 Å². The van der Waals surface area contributed by atoms with Gasteiger partial charge in [0.2, 0.25) is 0 Å². The standard InChI is InChI=1S/C17H15NO4/c1-21-15-7-6-12(8-11(15)9-19)18-17(20)14-10-22-16-5-3-2-4-13(14)16/h2-8,10,19H,9H2,1H3,(H,18,20). The van der Waals surface area contributed by atoms with Gasteiger partial charge in [-0.05, 0) is 24.3 Å². The van der Waals surface area contributed by atoms with Crippen LogP contribution in [-0.2, 0) is 6.61 Å². The number of hydrogen-bond acceptors (Lipinski definition) is 4. The number of anilines is 1. The summed E-state index contributed by atoms with van der Waals surface area (Å²) in [5.74, 6) is 0.313. The Labute approximate surface area is 127 Å². The summed E-state index contributed by atoms with van der Waals surface area (Å²) in [6.07, 6.45) is 1.44. The predicted molar refractivity (Wildman–Crippen MR) is 83.1 cm³/mol. The molecule has 1 heterocycles. The van der Waals surface area contributed by atoms with Crippen molar-refractivity contribution in [1.82, 2.24) is 0 Å². The molecule has 5 heteroatoms. The Kier molecular flexibility index (Phi) is 3.80. The lowest BCUT2D eigenvalue weighted by molar-refractivity contribution is 0.102. The number of para-hydroxylation sites is 1. The molecule has 0 unspecified atom stereocenters. The van der Waals surface area contributed by atoms with Crippen LogP contribution in [0, 0.1) is 0 Å². The highest BCUT2D eigenvalue weighted by Crippen LogP contribution is 2.25. The van der Waals surface area contributed by atoms with E-state index < -0.39 is 0 Å². The van der Waals surface area contributed by atoms with E-state index in [-0.39, 0.29) is 12.5 Å². The molecule has 3 aromatic rings. The number of rotatable bonds is 4. The van der Waals surface area contributed by atoms with Crippen molar-refractivity contribution >= 4 is 22.6 Å². The lowest BCUT2D eigenvalue weighted by Gasteiger charge is -2.09. The molecule has 1 aromatic heterocycles. The van der Waals surface area contributed by atoms with E-state index in [0.29, 0.717) is 28.1 Å². The van der Waals surface area contributed by atoms with E-state index in [1.54, 1.807) is 18.2 Å². The molecule has 112 valence electrons. The molecule has 1 amide bonds. The summed E-state index contributed by atoms with van der Waals surface area (Å²) in [5, 5.41) is 12.9. The minimum atomic E-state index is -0.265. The van der Waals surface area contributed by atoms with Crippen molar-refractivity contribution in [3.63, 3.8) is 0 Å². The fraction of sp³-hybridized carbons (Fsp3) is 0.118. The number of aliphatic hydroxyl groups is 1. The van der Waals surface area contributed by atoms with E-state index in [2.05, 4.69) is 5.32 Å². The second-order valence-electron chi connectivity index (χ2n) is 4.78. The van der Waals surface area contributed by atoms with Crippen LogP contribution in [0.15, 0.2) is 53.1 Å². The molecule has 0 aliphatic rings. The van der Waals surface area contributed by atoms with Crippen LogP contribution in [0.5, 0.6) is 5.75 Å². The molecule has 0 fully saturated rings. The Morgan fingerprint density at radius 2 is 2.09 bits per heavy atom. The molecular weight excluding hydrogens is 282 g/mol. The quantitative estimate of drug-likeness (QED) is 0.776. The van der Waals surface area contributed by atoms with Crippen LogP contribution in [0.1, 0.15) is 15.9 Å². The number of benzene rings is 2. The summed E-state index contributed by atoms with van der Waals surface area (Å²) >= 11 is 0. The van der Waals surface area contributed by atoms with Crippen molar-refractivity contribution in [3.8, 4) is 5.75 Å². The SMILES string of the molecule is COc1ccc(NC(=O)c2coc3ccccc23)cc1CO. The normalized spacial score (nSPS) is 10.6. The number of amides is 1. The molecule has 0 spiro atoms. The molecule has 5 nitrogen and oxygen atoms in total. The molecule has 2 N–H and O–H groups in total. The number of carbonyl (C=O) groups excluding carboxylic acids is 1. The number of furan rings is 1. The maximum atomic E-state index is 12.4. The molecule has 0 saturated carbocycles. The second kappa shape index (κ2) is 5.91. The molecule has 0 aliphatic heterocycles. The molecule has 0 atom stereocenters. The van der Waals surface area contributed by atoms with Crippen molar-refractivity contribution in [2.24, 2.45) is 0 Å². The van der Waals surface area contributed by atoms with Crippen LogP contribution in [0.25, 0.3) is 11.0 Å². The first-order valence-corrected chi connectivity index (χ1v) is 6.78. The summed E-state index contributed by atoms with van der Waals surface area (Å²) in [6.45, 7) is -0.165. The molecule has 0 radical (unpaired) electrons. The fourth-order valence-corrected chi connectivity index (χ4v) is 2.33. The van der Waals surface area contributed by atoms with Gasteiger partial charge in [-0.2, -0.15) is 0 Å². The van der Waals surface area contributed by atoms with Crippen molar-refractivity contribution in [2.75, 3.05) is 12.4 Å². The number of aliphatic hydroxyl groups excluding tert-OH is 1. The summed E-state index contributed by atoms with van der Waals surface area (Å²) in [7, 11) is 1.53. The number of hydrogen-bond donors (Lipinski definition) is 2. The maximum Gasteiger partial charge on any atom is 0.259 e. The van der Waals surface area contributed by atoms with E-state index in [1.165, 1.54) is 13.4 Å². The Morgan fingerprint density at radius 1 is 1.27 bits per heavy atom. The third kappa shape index (κ3) is 2.54. The van der Waals surface area contributed by atoms with Crippen LogP contribution in [0.4, 0.5) is 5.69 Å². The van der Waals surface area contributed by atoms with E-state index in [0.717, 1.165) is 5.39 Å². The summed E-state index contributed by atoms with van der Waals surface area (Å²) in [5.41, 5.74) is 2.33. The maximum absolute atomic E-state index is 12.4. The molecule has 22 heavy (non-hydrogen) atoms. The molecule has 0 saturated heterocycles. The highest BCUT2D eigenvalue weighted by atomic mass is 16.5. The molecule has 0 bridgehead atoms. The third-order valence-corrected chi connectivity index (χ3v) is 3.43. The monoisotopic (exact) mass is 297 g/mol. The van der Waals surface area contributed by atoms with Gasteiger partial charge in [0, 0.05) is 16.6 Å². The van der Waals surface area contributed by atoms with Crippen LogP contribution in [0.2, 0.25) is 0 Å². The molecular formula is C17H15NO4. The first kappa shape index (κ1) is 14.2. The van der Waals surface area contributed by atoms with Gasteiger partial charge < -0.3 is 19.6 Å². The zero-order valence-electron chi connectivity index (χ0n) is 12.0. The van der Waals surface area contributed by atoms with Crippen molar-refractivity contribution in [2.45, 2.75) is 6.61 Å². The Bertz CT molecular complexity index is 822. The van der Waals surface area contributed by atoms with E-state index in [9.17, 15) is 9.90 Å². The summed E-state index contributed by atoms with van der Waals surface area (Å²) in [4.78, 5) is 12.4. The average Bonchev–Trinajstić information content (AvgIpc) is 2.98. The van der Waals surface area contributed by atoms with Crippen molar-refractivity contribution in [3.05, 3.63) is 59.9 Å². The Morgan fingerprint density at radius 3 is 2.86 bits per heavy atom. The smallest absolute Gasteiger partial charge is 0.259 e. The fourth-order valence-electron chi connectivity index (χ4n) is 2.33. The number of fused-ring (bicyclic) bond motifs is 1. The van der Waals surface area contributed by atoms with Gasteiger partial charge in [-0.3, -0.25) is 4.79 Å². The van der Waals surface area contributed by atoms with Crippen LogP contribution < -0.4 is 10.1 Å². The van der Waals surface area contributed by atoms with Gasteiger partial charge >= 0.3 is 0 Å². The minimum absolute atomic E-state index is 0.165. The summed E-state index contributed by atoms with van der Waals surface area (Å²) < 4.78 is 10.5. The van der Waals surface area contributed by atoms with Crippen LogP contribution in [-0.4, -0.2) is 18.1 Å². The van der Waals surface area contributed by atoms with Gasteiger partial charge in [-0.25, -0.2) is 0 Å². The average molecular weight is 297 g/mol. The van der Waals surface area contributed by atoms with Gasteiger partial charge in [0.15, 0.2) is 0 Å². The van der Waals surface area contributed by atoms with E-state index in [1.807, 2.05) is 24.3 Å². The lowest BCUT2D eigenvalue weighted by atomic mass is 10.1. The molecule has 2 aromatic carbocycles. The molecule has 3 rings (SSSR count). The van der Waals surface area contributed by atoms with Gasteiger partial charge in [0.05, 0.1) is 19.3 Å². The van der Waals surface area contributed by atoms with Gasteiger partial charge in [0.25, 0.3) is 5.91 Å². The van der Waals surface area contributed by atoms with Gasteiger partial charge in [-0.15, -0.1) is 0 Å². The zero-order valence-corrected chi connectivity index (χ0v) is 12.0. The number of carbonyl (C=O) groups is 1. The largest absolute Gasteiger partial charge is 0.496 e. The zero-order chi connectivity index (χ0) is 15.5. The van der Waals surface area contributed by atoms with Gasteiger partial charge in [-0.1, -0.05) is 18.2 Å². The predicted octanol–water partition coefficient (Wildman–Crippen LogP) is 3.19. The first-order chi connectivity index (χ1) is 10.7. The Balaban J connectivity index is 1.88. The number of ether oxygens (including phenoxy) is 1. The minimum Gasteiger partial charge on any atom is -0.496 e. The highest BCUT2D eigenvalue weighted by Gasteiger charge is 2.14. The number of methoxy groups -OCH3 is 1. The lowest BCUT2D eigenvalue weighted by Crippen LogP contribution is -2.11. The molecule has 0 aliphatic carbocycles. The third-order valence-electron chi connectivity index (χ3n) is 3.43. The van der Waals surface area contributed by atoms with Crippen LogP contribution in [0.3, 0.4) is 0 Å². The van der Waals surface area contributed by atoms with E-state index >= 15 is 0 Å². The van der Waals surface area contributed by atoms with Crippen molar-refractivity contribution in [1.29, 1.82) is 0 Å². The second-order valence-corrected chi connectivity index (χ2v) is 4.78. The van der Waals surface area contributed by atoms with E-state index in [4.69, 9.17) is 9.15 Å². The Hall–Kier alpha value is -2.79. The first-order valence-electron chi connectivity index (χ1n) is 6.78. The topological polar surface area (TPSA) is 71.7 Å².